The van der Waals surface area contributed by atoms with Crippen LogP contribution in [0, 0.1) is 6.92 Å². The lowest BCUT2D eigenvalue weighted by Crippen LogP contribution is -2.25. The minimum Gasteiger partial charge on any atom is -0.497 e. The molecule has 0 saturated carbocycles. The van der Waals surface area contributed by atoms with Crippen LogP contribution in [0.4, 0.5) is 5.13 Å². The van der Waals surface area contributed by atoms with Gasteiger partial charge in [0.25, 0.3) is 5.91 Å². The van der Waals surface area contributed by atoms with Gasteiger partial charge in [0, 0.05) is 11.1 Å². The van der Waals surface area contributed by atoms with Crippen LogP contribution in [0.2, 0.25) is 0 Å². The van der Waals surface area contributed by atoms with Crippen LogP contribution >= 0.6 is 11.3 Å². The maximum absolute atomic E-state index is 13.4. The van der Waals surface area contributed by atoms with Crippen molar-refractivity contribution in [3.05, 3.63) is 89.0 Å². The highest BCUT2D eigenvalue weighted by Crippen LogP contribution is 2.30. The quantitative estimate of drug-likeness (QED) is 0.224. The number of hydrogen-bond acceptors (Lipinski definition) is 6. The first-order valence-electron chi connectivity index (χ1n) is 9.95. The molecule has 6 nitrogen and oxygen atoms in total. The molecule has 0 atom stereocenters. The van der Waals surface area contributed by atoms with Gasteiger partial charge in [-0.05, 0) is 73.5 Å². The van der Waals surface area contributed by atoms with Crippen LogP contribution in [0.3, 0.4) is 0 Å². The normalized spacial score (nSPS) is 11.1. The van der Waals surface area contributed by atoms with E-state index in [-0.39, 0.29) is 11.7 Å². The third kappa shape index (κ3) is 4.58. The number of hydrazone groups is 1. The number of benzene rings is 3. The van der Waals surface area contributed by atoms with Gasteiger partial charge in [-0.1, -0.05) is 29.5 Å². The number of aromatic nitrogens is 1. The van der Waals surface area contributed by atoms with Gasteiger partial charge in [-0.3, -0.25) is 9.59 Å². The van der Waals surface area contributed by atoms with Crippen molar-refractivity contribution in [2.45, 2.75) is 13.8 Å². The lowest BCUT2D eigenvalue weighted by atomic mass is 10.1. The van der Waals surface area contributed by atoms with Crippen LogP contribution in [-0.2, 0) is 0 Å². The molecule has 0 bridgehead atoms. The number of Topliss-reactive ketones (excluding diaryl/α,β-unsaturated/α-hetero) is 1. The molecule has 0 aliphatic carbocycles. The van der Waals surface area contributed by atoms with Gasteiger partial charge in [0.05, 0.1) is 23.5 Å². The number of methoxy groups -OCH3 is 1. The molecule has 0 N–H and O–H groups in total. The fraction of sp³-hybridized carbons (Fsp3) is 0.120. The SMILES string of the molecule is COc1ccc(/C=N/N(C(=O)c2ccc(C(C)=O)cc2)c2nc3ccc(C)cc3s2)cc1. The van der Waals surface area contributed by atoms with Gasteiger partial charge in [-0.15, -0.1) is 0 Å². The second kappa shape index (κ2) is 9.11. The summed E-state index contributed by atoms with van der Waals surface area (Å²) in [4.78, 5) is 29.6. The van der Waals surface area contributed by atoms with Crippen molar-refractivity contribution < 1.29 is 14.3 Å². The first kappa shape index (κ1) is 21.4. The highest BCUT2D eigenvalue weighted by atomic mass is 32.1. The Hall–Kier alpha value is -3.84. The monoisotopic (exact) mass is 443 g/mol. The Balaban J connectivity index is 1.72. The minimum atomic E-state index is -0.333. The molecule has 1 heterocycles. The van der Waals surface area contributed by atoms with Gasteiger partial charge in [-0.2, -0.15) is 10.1 Å². The fourth-order valence-electron chi connectivity index (χ4n) is 3.08. The van der Waals surface area contributed by atoms with Gasteiger partial charge < -0.3 is 4.74 Å². The van der Waals surface area contributed by atoms with Gasteiger partial charge >= 0.3 is 0 Å². The summed E-state index contributed by atoms with van der Waals surface area (Å²) in [6.07, 6.45) is 1.61. The second-order valence-corrected chi connectivity index (χ2v) is 8.24. The number of rotatable bonds is 6. The number of carbonyl (C=O) groups is 2. The summed E-state index contributed by atoms with van der Waals surface area (Å²) in [6, 6.07) is 19.9. The van der Waals surface area contributed by atoms with E-state index in [1.807, 2.05) is 49.4 Å². The van der Waals surface area contributed by atoms with E-state index in [2.05, 4.69) is 10.1 Å². The topological polar surface area (TPSA) is 71.9 Å². The highest BCUT2D eigenvalue weighted by Gasteiger charge is 2.21. The van der Waals surface area contributed by atoms with Crippen molar-refractivity contribution >= 4 is 44.6 Å². The Labute approximate surface area is 189 Å². The van der Waals surface area contributed by atoms with E-state index >= 15 is 0 Å². The van der Waals surface area contributed by atoms with Gasteiger partial charge in [0.1, 0.15) is 5.75 Å². The molecule has 1 amide bonds. The summed E-state index contributed by atoms with van der Waals surface area (Å²) in [7, 11) is 1.61. The molecule has 4 aromatic rings. The van der Waals surface area contributed by atoms with Crippen molar-refractivity contribution in [2.24, 2.45) is 5.10 Å². The lowest BCUT2D eigenvalue weighted by Gasteiger charge is -2.14. The van der Waals surface area contributed by atoms with E-state index in [1.54, 1.807) is 37.6 Å². The molecule has 0 aliphatic rings. The van der Waals surface area contributed by atoms with Crippen LogP contribution in [-0.4, -0.2) is 30.0 Å². The Kier molecular flexibility index (Phi) is 6.09. The lowest BCUT2D eigenvalue weighted by molar-refractivity contribution is 0.0983. The zero-order chi connectivity index (χ0) is 22.7. The van der Waals surface area contributed by atoms with Crippen molar-refractivity contribution in [2.75, 3.05) is 12.1 Å². The molecule has 0 spiro atoms. The number of ketones is 1. The van der Waals surface area contributed by atoms with Gasteiger partial charge in [-0.25, -0.2) is 4.98 Å². The molecule has 1 aromatic heterocycles. The Bertz CT molecular complexity index is 1310. The average Bonchev–Trinajstić information content (AvgIpc) is 3.22. The molecule has 32 heavy (non-hydrogen) atoms. The van der Waals surface area contributed by atoms with Crippen molar-refractivity contribution in [3.63, 3.8) is 0 Å². The van der Waals surface area contributed by atoms with E-state index in [4.69, 9.17) is 4.74 Å². The molecule has 0 unspecified atom stereocenters. The van der Waals surface area contributed by atoms with E-state index in [0.29, 0.717) is 16.3 Å². The zero-order valence-electron chi connectivity index (χ0n) is 17.9. The molecule has 0 aliphatic heterocycles. The fourth-order valence-corrected chi connectivity index (χ4v) is 4.10. The summed E-state index contributed by atoms with van der Waals surface area (Å²) in [5.74, 6) is 0.350. The summed E-state index contributed by atoms with van der Waals surface area (Å²) in [5.41, 5.74) is 3.70. The molecule has 0 fully saturated rings. The maximum Gasteiger partial charge on any atom is 0.280 e. The molecule has 160 valence electrons. The smallest absolute Gasteiger partial charge is 0.280 e. The number of hydrogen-bond donors (Lipinski definition) is 0. The number of amides is 1. The Morgan fingerprint density at radius 3 is 2.34 bits per heavy atom. The molecule has 7 heteroatoms. The van der Waals surface area contributed by atoms with Crippen molar-refractivity contribution in [1.29, 1.82) is 0 Å². The molecule has 0 saturated heterocycles. The number of anilines is 1. The number of nitrogens with zero attached hydrogens (tertiary/aromatic N) is 3. The van der Waals surface area contributed by atoms with E-state index in [9.17, 15) is 9.59 Å². The third-order valence-electron chi connectivity index (χ3n) is 4.88. The number of fused-ring (bicyclic) bond motifs is 1. The van der Waals surface area contributed by atoms with Crippen LogP contribution < -0.4 is 9.75 Å². The number of thiazole rings is 1. The number of aryl methyl sites for hydroxylation is 1. The highest BCUT2D eigenvalue weighted by molar-refractivity contribution is 7.22. The molecule has 3 aromatic carbocycles. The Morgan fingerprint density at radius 1 is 1.00 bits per heavy atom. The van der Waals surface area contributed by atoms with Crippen molar-refractivity contribution in [3.8, 4) is 5.75 Å². The minimum absolute atomic E-state index is 0.0556. The number of carbonyl (C=O) groups excluding carboxylic acids is 2. The number of ether oxygens (including phenoxy) is 1. The molecular formula is C25H21N3O3S. The Morgan fingerprint density at radius 2 is 1.69 bits per heavy atom. The van der Waals surface area contributed by atoms with Crippen LogP contribution in [0.25, 0.3) is 10.2 Å². The van der Waals surface area contributed by atoms with Crippen LogP contribution in [0.1, 0.15) is 38.8 Å². The van der Waals surface area contributed by atoms with Crippen LogP contribution in [0.5, 0.6) is 5.75 Å². The molecule has 0 radical (unpaired) electrons. The predicted molar refractivity (Wildman–Crippen MR) is 128 cm³/mol. The predicted octanol–water partition coefficient (Wildman–Crippen LogP) is 5.50. The first-order valence-corrected chi connectivity index (χ1v) is 10.8. The largest absolute Gasteiger partial charge is 0.497 e. The summed E-state index contributed by atoms with van der Waals surface area (Å²) < 4.78 is 6.16. The summed E-state index contributed by atoms with van der Waals surface area (Å²) in [6.45, 7) is 3.51. The molecule has 4 rings (SSSR count). The maximum atomic E-state index is 13.4. The van der Waals surface area contributed by atoms with E-state index in [1.165, 1.54) is 23.3 Å². The standard InChI is InChI=1S/C25H21N3O3S/c1-16-4-13-22-23(14-16)32-25(27-22)28(26-15-18-5-11-21(31-3)12-6-18)24(30)20-9-7-19(8-10-20)17(2)29/h4-15H,1-3H3/b26-15+. The first-order chi connectivity index (χ1) is 15.4. The average molecular weight is 444 g/mol. The summed E-state index contributed by atoms with van der Waals surface area (Å²) >= 11 is 1.40. The summed E-state index contributed by atoms with van der Waals surface area (Å²) in [5, 5.41) is 6.24. The zero-order valence-corrected chi connectivity index (χ0v) is 18.7. The van der Waals surface area contributed by atoms with E-state index in [0.717, 1.165) is 27.1 Å². The van der Waals surface area contributed by atoms with E-state index < -0.39 is 0 Å². The van der Waals surface area contributed by atoms with Crippen molar-refractivity contribution in [1.82, 2.24) is 4.98 Å². The second-order valence-electron chi connectivity index (χ2n) is 7.24. The van der Waals surface area contributed by atoms with Gasteiger partial charge in [0.15, 0.2) is 5.78 Å². The van der Waals surface area contributed by atoms with Crippen LogP contribution in [0.15, 0.2) is 71.8 Å². The van der Waals surface area contributed by atoms with Gasteiger partial charge in [0.2, 0.25) is 5.13 Å². The molecular weight excluding hydrogens is 422 g/mol. The third-order valence-corrected chi connectivity index (χ3v) is 5.88.